The smallest absolute Gasteiger partial charge is 0.400 e. The van der Waals surface area contributed by atoms with Gasteiger partial charge in [-0.05, 0) is 109 Å². The lowest BCUT2D eigenvalue weighted by Gasteiger charge is -2.33. The number of rotatable bonds is 6. The van der Waals surface area contributed by atoms with E-state index in [0.717, 1.165) is 49.3 Å². The van der Waals surface area contributed by atoms with Crippen molar-refractivity contribution in [3.8, 4) is 16.9 Å². The van der Waals surface area contributed by atoms with Crippen molar-refractivity contribution < 1.29 is 26.7 Å². The van der Waals surface area contributed by atoms with Crippen LogP contribution in [-0.2, 0) is 0 Å². The van der Waals surface area contributed by atoms with Crippen molar-refractivity contribution in [1.82, 2.24) is 0 Å². The lowest BCUT2D eigenvalue weighted by atomic mass is 9.77. The van der Waals surface area contributed by atoms with Gasteiger partial charge in [0, 0.05) is 5.56 Å². The number of benzene rings is 3. The molecule has 202 valence electrons. The molecule has 0 amide bonds. The molecule has 0 radical (unpaired) electrons. The maximum absolute atomic E-state index is 15.2. The zero-order valence-corrected chi connectivity index (χ0v) is 21.5. The minimum Gasteiger partial charge on any atom is -0.432 e. The molecule has 2 aliphatic carbocycles. The van der Waals surface area contributed by atoms with Crippen molar-refractivity contribution in [2.75, 3.05) is 0 Å². The number of ether oxygens (including phenoxy) is 1. The third kappa shape index (κ3) is 5.89. The largest absolute Gasteiger partial charge is 0.432 e. The van der Waals surface area contributed by atoms with E-state index in [-0.39, 0.29) is 30.3 Å². The molecule has 2 aliphatic rings. The van der Waals surface area contributed by atoms with Gasteiger partial charge in [0.2, 0.25) is 0 Å². The zero-order chi connectivity index (χ0) is 26.9. The van der Waals surface area contributed by atoms with Crippen LogP contribution in [0.1, 0.15) is 81.3 Å². The highest BCUT2D eigenvalue weighted by Crippen LogP contribution is 2.44. The van der Waals surface area contributed by atoms with Crippen LogP contribution in [0.2, 0.25) is 0 Å². The minimum absolute atomic E-state index is 0.0891. The van der Waals surface area contributed by atoms with Crippen LogP contribution in [-0.4, -0.2) is 6.11 Å². The second-order valence-corrected chi connectivity index (χ2v) is 11.1. The van der Waals surface area contributed by atoms with Crippen molar-refractivity contribution in [2.24, 2.45) is 11.8 Å². The Kier molecular flexibility index (Phi) is 7.78. The molecule has 6 heteroatoms. The van der Waals surface area contributed by atoms with Crippen molar-refractivity contribution in [3.05, 3.63) is 89.2 Å². The Hall–Kier alpha value is -2.89. The molecule has 0 atom stereocenters. The Morgan fingerprint density at radius 1 is 0.684 bits per heavy atom. The van der Waals surface area contributed by atoms with Crippen LogP contribution in [0.3, 0.4) is 0 Å². The summed E-state index contributed by atoms with van der Waals surface area (Å²) in [5.41, 5.74) is 2.32. The molecular weight excluding hydrogens is 495 g/mol. The summed E-state index contributed by atoms with van der Waals surface area (Å²) < 4.78 is 77.6. The van der Waals surface area contributed by atoms with Gasteiger partial charge in [-0.2, -0.15) is 8.78 Å². The van der Waals surface area contributed by atoms with Crippen molar-refractivity contribution >= 4 is 0 Å². The Morgan fingerprint density at radius 2 is 1.34 bits per heavy atom. The Bertz CT molecular complexity index is 1240. The van der Waals surface area contributed by atoms with Gasteiger partial charge in [-0.1, -0.05) is 44.0 Å². The maximum atomic E-state index is 15.2. The van der Waals surface area contributed by atoms with E-state index in [0.29, 0.717) is 35.4 Å². The molecule has 5 rings (SSSR count). The minimum atomic E-state index is -3.40. The molecule has 2 saturated carbocycles. The van der Waals surface area contributed by atoms with Crippen LogP contribution in [0.15, 0.2) is 60.7 Å². The van der Waals surface area contributed by atoms with Gasteiger partial charge in [-0.25, -0.2) is 13.2 Å². The van der Waals surface area contributed by atoms with E-state index in [1.807, 2.05) is 6.07 Å². The van der Waals surface area contributed by atoms with Crippen molar-refractivity contribution in [2.45, 2.75) is 76.2 Å². The summed E-state index contributed by atoms with van der Waals surface area (Å²) >= 11 is 0. The molecule has 2 fully saturated rings. The molecule has 0 spiro atoms. The molecular formula is C32H33F5O. The first-order chi connectivity index (χ1) is 18.2. The average Bonchev–Trinajstić information content (AvgIpc) is 2.90. The summed E-state index contributed by atoms with van der Waals surface area (Å²) in [6.07, 6.45) is 2.18. The van der Waals surface area contributed by atoms with Gasteiger partial charge in [0.15, 0.2) is 0 Å². The summed E-state index contributed by atoms with van der Waals surface area (Å²) in [5.74, 6) is -1.51. The number of halogens is 5. The van der Waals surface area contributed by atoms with Crippen LogP contribution in [0.25, 0.3) is 11.1 Å². The van der Waals surface area contributed by atoms with E-state index >= 15 is 8.78 Å². The van der Waals surface area contributed by atoms with E-state index in [9.17, 15) is 13.2 Å². The summed E-state index contributed by atoms with van der Waals surface area (Å²) in [6.45, 7) is 2.25. The molecule has 0 heterocycles. The van der Waals surface area contributed by atoms with Crippen molar-refractivity contribution in [1.29, 1.82) is 0 Å². The van der Waals surface area contributed by atoms with Crippen LogP contribution in [0, 0.1) is 29.3 Å². The summed E-state index contributed by atoms with van der Waals surface area (Å²) in [5, 5.41) is 0. The molecule has 0 bridgehead atoms. The molecule has 38 heavy (non-hydrogen) atoms. The predicted octanol–water partition coefficient (Wildman–Crippen LogP) is 10.0. The first-order valence-corrected chi connectivity index (χ1v) is 13.6. The average molecular weight is 529 g/mol. The second kappa shape index (κ2) is 11.1. The first-order valence-electron chi connectivity index (χ1n) is 13.6. The van der Waals surface area contributed by atoms with Gasteiger partial charge in [0.05, 0.1) is 5.92 Å². The molecule has 1 nitrogen and oxygen atoms in total. The maximum Gasteiger partial charge on any atom is 0.400 e. The van der Waals surface area contributed by atoms with Gasteiger partial charge in [0.1, 0.15) is 23.2 Å². The third-order valence-corrected chi connectivity index (χ3v) is 8.50. The molecule has 0 unspecified atom stereocenters. The van der Waals surface area contributed by atoms with E-state index in [2.05, 4.69) is 6.92 Å². The van der Waals surface area contributed by atoms with Crippen molar-refractivity contribution in [3.63, 3.8) is 0 Å². The predicted molar refractivity (Wildman–Crippen MR) is 139 cm³/mol. The highest BCUT2D eigenvalue weighted by Gasteiger charge is 2.44. The quantitative estimate of drug-likeness (QED) is 0.289. The van der Waals surface area contributed by atoms with Gasteiger partial charge >= 0.3 is 6.11 Å². The molecule has 3 aromatic carbocycles. The van der Waals surface area contributed by atoms with Crippen LogP contribution in [0.5, 0.6) is 5.75 Å². The monoisotopic (exact) mass is 528 g/mol. The van der Waals surface area contributed by atoms with Crippen LogP contribution in [0.4, 0.5) is 22.0 Å². The first kappa shape index (κ1) is 26.7. The summed E-state index contributed by atoms with van der Waals surface area (Å²) in [4.78, 5) is 0. The molecule has 0 saturated heterocycles. The van der Waals surface area contributed by atoms with Gasteiger partial charge in [0.25, 0.3) is 0 Å². The Morgan fingerprint density at radius 3 is 1.97 bits per heavy atom. The number of hydrogen-bond donors (Lipinski definition) is 0. The summed E-state index contributed by atoms with van der Waals surface area (Å²) in [6, 6.07) is 14.5. The molecule has 3 aromatic rings. The lowest BCUT2D eigenvalue weighted by molar-refractivity contribution is -0.222. The fourth-order valence-electron chi connectivity index (χ4n) is 6.12. The Balaban J connectivity index is 1.23. The van der Waals surface area contributed by atoms with E-state index in [1.165, 1.54) is 18.2 Å². The van der Waals surface area contributed by atoms with E-state index in [1.54, 1.807) is 24.3 Å². The fourth-order valence-corrected chi connectivity index (χ4v) is 6.12. The normalized spacial score (nSPS) is 24.3. The standard InChI is InChI=1S/C32H33F5O/c1-20-2-4-21(5-3-20)23-8-16-29(30(34)18-23)24-9-17-28(31(35)19-24)22-6-10-25(11-7-22)32(36,37)38-27-14-12-26(33)13-15-27/h8-9,12-22,25H,2-7,10-11H2,1H3. The highest BCUT2D eigenvalue weighted by atomic mass is 19.3. The van der Waals surface area contributed by atoms with Crippen LogP contribution >= 0.6 is 0 Å². The summed E-state index contributed by atoms with van der Waals surface area (Å²) in [7, 11) is 0. The van der Waals surface area contributed by atoms with E-state index in [4.69, 9.17) is 4.74 Å². The third-order valence-electron chi connectivity index (χ3n) is 8.50. The molecule has 0 aliphatic heterocycles. The van der Waals surface area contributed by atoms with Gasteiger partial charge in [-0.3, -0.25) is 0 Å². The molecule has 0 N–H and O–H groups in total. The topological polar surface area (TPSA) is 9.23 Å². The van der Waals surface area contributed by atoms with Gasteiger partial charge < -0.3 is 4.74 Å². The fraction of sp³-hybridized carbons (Fsp3) is 0.438. The zero-order valence-electron chi connectivity index (χ0n) is 21.5. The highest BCUT2D eigenvalue weighted by molar-refractivity contribution is 5.65. The van der Waals surface area contributed by atoms with E-state index < -0.39 is 23.7 Å². The SMILES string of the molecule is CC1CCC(c2ccc(-c3ccc(C4CCC(C(F)(F)Oc5ccc(F)cc5)CC4)c(F)c3)c(F)c2)CC1. The second-order valence-electron chi connectivity index (χ2n) is 11.1. The Labute approximate surface area is 221 Å². The number of hydrogen-bond acceptors (Lipinski definition) is 1. The lowest BCUT2D eigenvalue weighted by Crippen LogP contribution is -2.37. The van der Waals surface area contributed by atoms with Gasteiger partial charge in [-0.15, -0.1) is 0 Å². The number of alkyl halides is 2. The van der Waals surface area contributed by atoms with Crippen LogP contribution < -0.4 is 4.74 Å². The molecule has 0 aromatic heterocycles.